The van der Waals surface area contributed by atoms with Gasteiger partial charge in [-0.25, -0.2) is 4.79 Å². The lowest BCUT2D eigenvalue weighted by Crippen LogP contribution is -2.34. The summed E-state index contributed by atoms with van der Waals surface area (Å²) in [5.41, 5.74) is 0.976. The van der Waals surface area contributed by atoms with Crippen molar-refractivity contribution < 1.29 is 24.3 Å². The van der Waals surface area contributed by atoms with E-state index in [2.05, 4.69) is 4.99 Å². The van der Waals surface area contributed by atoms with E-state index in [1.165, 1.54) is 12.1 Å². The van der Waals surface area contributed by atoms with Gasteiger partial charge in [-0.15, -0.1) is 0 Å². The Bertz CT molecular complexity index is 424. The molecule has 0 aliphatic carbocycles. The molecular weight excluding hydrogens is 254 g/mol. The number of nitrogens with zero attached hydrogens (tertiary/aromatic N) is 1. The first-order chi connectivity index (χ1) is 8.38. The zero-order chi connectivity index (χ0) is 13.6. The second-order valence-electron chi connectivity index (χ2n) is 3.84. The molecule has 0 bridgehead atoms. The molecule has 0 aromatic heterocycles. The number of hydrogen-bond acceptors (Lipinski definition) is 5. The van der Waals surface area contributed by atoms with Crippen LogP contribution in [0, 0.1) is 0 Å². The topological polar surface area (TPSA) is 110 Å². The summed E-state index contributed by atoms with van der Waals surface area (Å²) < 4.78 is 0. The summed E-state index contributed by atoms with van der Waals surface area (Å²) in [6.07, 6.45) is 1.96. The molecule has 0 aliphatic rings. The number of aliphatic imine (C=N–C) groups is 1. The monoisotopic (exact) mass is 269 g/mol. The van der Waals surface area contributed by atoms with Crippen LogP contribution in [0.25, 0.3) is 0 Å². The van der Waals surface area contributed by atoms with E-state index >= 15 is 0 Å². The van der Waals surface area contributed by atoms with Crippen LogP contribution >= 0.6 is 0 Å². The molecule has 1 rings (SSSR count). The smallest absolute Gasteiger partial charge is 0.478 e. The molecule has 6 nitrogen and oxygen atoms in total. The summed E-state index contributed by atoms with van der Waals surface area (Å²) in [7, 11) is -3.95. The maximum Gasteiger partial charge on any atom is 0.492 e. The van der Waals surface area contributed by atoms with Gasteiger partial charge in [0.05, 0.1) is 5.56 Å². The fourth-order valence-corrected chi connectivity index (χ4v) is 1.92. The molecule has 0 saturated carbocycles. The van der Waals surface area contributed by atoms with Gasteiger partial charge in [-0.3, -0.25) is 4.99 Å². The third-order valence-electron chi connectivity index (χ3n) is 2.20. The average molecular weight is 269 g/mol. The highest BCUT2D eigenvalue weighted by molar-refractivity contribution is 6.56. The van der Waals surface area contributed by atoms with Crippen LogP contribution in [0.3, 0.4) is 0 Å². The van der Waals surface area contributed by atoms with Crippen LogP contribution in [0.2, 0.25) is 6.04 Å². The first kappa shape index (κ1) is 14.5. The van der Waals surface area contributed by atoms with Crippen LogP contribution in [0.5, 0.6) is 0 Å². The van der Waals surface area contributed by atoms with Crippen LogP contribution in [-0.2, 0) is 0 Å². The number of rotatable bonds is 6. The van der Waals surface area contributed by atoms with Gasteiger partial charge in [0.25, 0.3) is 0 Å². The minimum atomic E-state index is -3.95. The minimum Gasteiger partial charge on any atom is -0.478 e. The summed E-state index contributed by atoms with van der Waals surface area (Å²) in [5, 5.41) is 8.70. The van der Waals surface area contributed by atoms with E-state index in [9.17, 15) is 4.79 Å². The molecule has 1 aromatic carbocycles. The summed E-state index contributed by atoms with van der Waals surface area (Å²) >= 11 is 0. The molecule has 0 aliphatic heterocycles. The second kappa shape index (κ2) is 6.41. The molecule has 0 fully saturated rings. The molecular formula is C11H15NO5Si. The fraction of sp³-hybridized carbons (Fsp3) is 0.273. The molecule has 0 radical (unpaired) electrons. The first-order valence-electron chi connectivity index (χ1n) is 5.39. The minimum absolute atomic E-state index is 0.0394. The first-order valence-corrected chi connectivity index (χ1v) is 7.44. The zero-order valence-corrected chi connectivity index (χ0v) is 10.7. The molecule has 0 saturated heterocycles. The third-order valence-corrected chi connectivity index (χ3v) is 3.22. The van der Waals surface area contributed by atoms with Gasteiger partial charge >= 0.3 is 14.8 Å². The highest BCUT2D eigenvalue weighted by atomic mass is 28.4. The van der Waals surface area contributed by atoms with Crippen LogP contribution in [0.15, 0.2) is 29.3 Å². The van der Waals surface area contributed by atoms with E-state index in [0.717, 1.165) is 5.56 Å². The van der Waals surface area contributed by atoms with Crippen LogP contribution in [0.4, 0.5) is 0 Å². The standard InChI is InChI=1S/C11H15NO5Si/c13-11(14)10-4-2-9(3-5-10)8-12-6-1-7-18(15,16)17/h2-5,8,15-17H,1,6-7H2,(H,13,14). The highest BCUT2D eigenvalue weighted by Crippen LogP contribution is 2.04. The van der Waals surface area contributed by atoms with Crippen molar-refractivity contribution in [1.82, 2.24) is 0 Å². The lowest BCUT2D eigenvalue weighted by atomic mass is 10.1. The molecule has 18 heavy (non-hydrogen) atoms. The van der Waals surface area contributed by atoms with Crippen molar-refractivity contribution in [2.75, 3.05) is 6.54 Å². The highest BCUT2D eigenvalue weighted by Gasteiger charge is 2.25. The molecule has 4 N–H and O–H groups in total. The van der Waals surface area contributed by atoms with Gasteiger partial charge < -0.3 is 19.5 Å². The number of carboxylic acid groups (broad SMARTS) is 1. The third kappa shape index (κ3) is 5.69. The Labute approximate surface area is 105 Å². The van der Waals surface area contributed by atoms with E-state index < -0.39 is 14.8 Å². The largest absolute Gasteiger partial charge is 0.492 e. The normalized spacial score (nSPS) is 11.9. The van der Waals surface area contributed by atoms with E-state index in [-0.39, 0.29) is 11.6 Å². The van der Waals surface area contributed by atoms with Gasteiger partial charge in [0.2, 0.25) is 0 Å². The molecule has 1 aromatic rings. The maximum atomic E-state index is 10.6. The Hall–Kier alpha value is -1.54. The molecule has 0 amide bonds. The summed E-state index contributed by atoms with van der Waals surface area (Å²) in [5.74, 6) is -0.978. The van der Waals surface area contributed by atoms with E-state index in [0.29, 0.717) is 13.0 Å². The molecule has 98 valence electrons. The number of benzene rings is 1. The zero-order valence-electron chi connectivity index (χ0n) is 9.65. The summed E-state index contributed by atoms with van der Waals surface area (Å²) in [4.78, 5) is 40.9. The molecule has 0 heterocycles. The predicted molar refractivity (Wildman–Crippen MR) is 67.7 cm³/mol. The van der Waals surface area contributed by atoms with Crippen molar-refractivity contribution in [3.63, 3.8) is 0 Å². The van der Waals surface area contributed by atoms with E-state index in [1.807, 2.05) is 0 Å². The lowest BCUT2D eigenvalue weighted by Gasteiger charge is -2.06. The average Bonchev–Trinajstić information content (AvgIpc) is 2.27. The number of carbonyl (C=O) groups is 1. The Morgan fingerprint density at radius 1 is 1.22 bits per heavy atom. The van der Waals surface area contributed by atoms with E-state index in [4.69, 9.17) is 19.5 Å². The van der Waals surface area contributed by atoms with Gasteiger partial charge in [0, 0.05) is 18.8 Å². The second-order valence-corrected chi connectivity index (χ2v) is 5.89. The molecule has 7 heteroatoms. The van der Waals surface area contributed by atoms with Gasteiger partial charge in [-0.05, 0) is 24.1 Å². The lowest BCUT2D eigenvalue weighted by molar-refractivity contribution is 0.0697. The van der Waals surface area contributed by atoms with Crippen molar-refractivity contribution in [3.05, 3.63) is 35.4 Å². The van der Waals surface area contributed by atoms with Gasteiger partial charge in [-0.1, -0.05) is 12.1 Å². The molecule has 0 spiro atoms. The number of hydrogen-bond donors (Lipinski definition) is 4. The van der Waals surface area contributed by atoms with Crippen molar-refractivity contribution in [3.8, 4) is 0 Å². The SMILES string of the molecule is O=C(O)c1ccc(C=NCCC[Si](O)(O)O)cc1. The summed E-state index contributed by atoms with van der Waals surface area (Å²) in [6.45, 7) is 0.372. The van der Waals surface area contributed by atoms with Crippen molar-refractivity contribution >= 4 is 21.0 Å². The quantitative estimate of drug-likeness (QED) is 0.333. The Balaban J connectivity index is 2.40. The fourth-order valence-electron chi connectivity index (χ4n) is 1.29. The van der Waals surface area contributed by atoms with Crippen LogP contribution < -0.4 is 0 Å². The van der Waals surface area contributed by atoms with Gasteiger partial charge in [0.15, 0.2) is 0 Å². The van der Waals surface area contributed by atoms with Crippen LogP contribution in [0.1, 0.15) is 22.3 Å². The Morgan fingerprint density at radius 3 is 2.33 bits per heavy atom. The van der Waals surface area contributed by atoms with Crippen molar-refractivity contribution in [2.45, 2.75) is 12.5 Å². The van der Waals surface area contributed by atoms with Crippen molar-refractivity contribution in [1.29, 1.82) is 0 Å². The molecule has 0 atom stereocenters. The predicted octanol–water partition coefficient (Wildman–Crippen LogP) is 0.110. The van der Waals surface area contributed by atoms with Crippen LogP contribution in [-0.4, -0.2) is 47.0 Å². The summed E-state index contributed by atoms with van der Waals surface area (Å²) in [6, 6.07) is 6.20. The number of carboxylic acids is 1. The Morgan fingerprint density at radius 2 is 1.83 bits per heavy atom. The van der Waals surface area contributed by atoms with Gasteiger partial charge in [-0.2, -0.15) is 0 Å². The number of aromatic carboxylic acids is 1. The van der Waals surface area contributed by atoms with Crippen molar-refractivity contribution in [2.24, 2.45) is 4.99 Å². The maximum absolute atomic E-state index is 10.6. The Kier molecular flexibility index (Phi) is 5.17. The van der Waals surface area contributed by atoms with E-state index in [1.54, 1.807) is 18.3 Å². The van der Waals surface area contributed by atoms with Gasteiger partial charge in [0.1, 0.15) is 0 Å². The molecule has 0 unspecified atom stereocenters.